The van der Waals surface area contributed by atoms with Crippen LogP contribution >= 0.6 is 0 Å². The topological polar surface area (TPSA) is 0 Å². The van der Waals surface area contributed by atoms with Crippen LogP contribution < -0.4 is 0 Å². The summed E-state index contributed by atoms with van der Waals surface area (Å²) in [5, 5.41) is 5.12. The molecule has 0 aliphatic carbocycles. The fraction of sp³-hybridized carbons (Fsp3) is 0. The van der Waals surface area contributed by atoms with Crippen molar-refractivity contribution < 1.29 is 0 Å². The van der Waals surface area contributed by atoms with Gasteiger partial charge in [-0.2, -0.15) is 0 Å². The summed E-state index contributed by atoms with van der Waals surface area (Å²) in [6, 6.07) is 28.0. The Bertz CT molecular complexity index is 979. The zero-order chi connectivity index (χ0) is 14.9. The highest BCUT2D eigenvalue weighted by Crippen LogP contribution is 2.36. The molecule has 22 heavy (non-hydrogen) atoms. The van der Waals surface area contributed by atoms with Crippen LogP contribution in [0.15, 0.2) is 85.4 Å². The molecule has 0 amide bonds. The Morgan fingerprint density at radius 2 is 1.36 bits per heavy atom. The lowest BCUT2D eigenvalue weighted by Gasteiger charge is -2.12. The number of rotatable bonds is 2. The normalized spacial score (nSPS) is 10.9. The smallest absolute Gasteiger partial charge is 0.00266 e. The van der Waals surface area contributed by atoms with E-state index in [2.05, 4.69) is 85.4 Å². The quantitative estimate of drug-likeness (QED) is 0.378. The van der Waals surface area contributed by atoms with Gasteiger partial charge in [0.2, 0.25) is 0 Å². The molecule has 0 spiro atoms. The van der Waals surface area contributed by atoms with Crippen LogP contribution in [0.25, 0.3) is 38.7 Å². The summed E-state index contributed by atoms with van der Waals surface area (Å²) in [6.45, 7) is 3.90. The Labute approximate surface area is 130 Å². The number of hydrogen-bond acceptors (Lipinski definition) is 0. The van der Waals surface area contributed by atoms with Gasteiger partial charge in [-0.05, 0) is 50.4 Å². The lowest BCUT2D eigenvalue weighted by Crippen LogP contribution is -1.86. The van der Waals surface area contributed by atoms with Crippen LogP contribution in [0, 0.1) is 0 Å². The first-order valence-electron chi connectivity index (χ1n) is 7.50. The minimum atomic E-state index is 1.15. The second-order valence-corrected chi connectivity index (χ2v) is 5.52. The summed E-state index contributed by atoms with van der Waals surface area (Å²) in [5.41, 5.74) is 3.71. The van der Waals surface area contributed by atoms with E-state index in [1.54, 1.807) is 0 Å². The van der Waals surface area contributed by atoms with Gasteiger partial charge >= 0.3 is 0 Å². The van der Waals surface area contributed by atoms with Crippen molar-refractivity contribution in [1.29, 1.82) is 0 Å². The van der Waals surface area contributed by atoms with E-state index in [1.165, 1.54) is 32.7 Å². The second kappa shape index (κ2) is 5.16. The molecule has 0 fully saturated rings. The van der Waals surface area contributed by atoms with Crippen LogP contribution in [0.4, 0.5) is 0 Å². The van der Waals surface area contributed by atoms with E-state index in [0.717, 1.165) is 5.56 Å². The summed E-state index contributed by atoms with van der Waals surface area (Å²) in [4.78, 5) is 0. The fourth-order valence-electron chi connectivity index (χ4n) is 3.12. The second-order valence-electron chi connectivity index (χ2n) is 5.52. The molecule has 0 bridgehead atoms. The van der Waals surface area contributed by atoms with Crippen molar-refractivity contribution in [3.8, 4) is 11.1 Å². The van der Waals surface area contributed by atoms with Crippen molar-refractivity contribution in [3.63, 3.8) is 0 Å². The number of hydrogen-bond donors (Lipinski definition) is 0. The van der Waals surface area contributed by atoms with Crippen molar-refractivity contribution in [1.82, 2.24) is 0 Å². The lowest BCUT2D eigenvalue weighted by molar-refractivity contribution is 1.66. The Morgan fingerprint density at radius 1 is 0.636 bits per heavy atom. The SMILES string of the molecule is C=Cc1ccc2cc3ccccc3c(-c3ccccc3)c2c1. The van der Waals surface area contributed by atoms with Crippen LogP contribution in [0.2, 0.25) is 0 Å². The van der Waals surface area contributed by atoms with Gasteiger partial charge in [-0.15, -0.1) is 0 Å². The molecule has 0 saturated heterocycles. The Morgan fingerprint density at radius 3 is 2.18 bits per heavy atom. The van der Waals surface area contributed by atoms with E-state index in [9.17, 15) is 0 Å². The van der Waals surface area contributed by atoms with Crippen molar-refractivity contribution in [2.75, 3.05) is 0 Å². The molecule has 0 heterocycles. The molecule has 4 aromatic carbocycles. The maximum absolute atomic E-state index is 3.90. The first-order valence-corrected chi connectivity index (χ1v) is 7.50. The third-order valence-corrected chi connectivity index (χ3v) is 4.19. The van der Waals surface area contributed by atoms with E-state index in [0.29, 0.717) is 0 Å². The van der Waals surface area contributed by atoms with Gasteiger partial charge in [-0.3, -0.25) is 0 Å². The first-order chi connectivity index (χ1) is 10.9. The first kappa shape index (κ1) is 12.8. The Kier molecular flexibility index (Phi) is 3.01. The molecule has 104 valence electrons. The molecule has 0 saturated carbocycles. The minimum Gasteiger partial charge on any atom is -0.0985 e. The zero-order valence-corrected chi connectivity index (χ0v) is 12.3. The van der Waals surface area contributed by atoms with Crippen LogP contribution in [0.1, 0.15) is 5.56 Å². The minimum absolute atomic E-state index is 1.15. The van der Waals surface area contributed by atoms with Crippen LogP contribution in [-0.2, 0) is 0 Å². The van der Waals surface area contributed by atoms with Gasteiger partial charge in [-0.25, -0.2) is 0 Å². The van der Waals surface area contributed by atoms with Gasteiger partial charge in [0.05, 0.1) is 0 Å². The van der Waals surface area contributed by atoms with Crippen LogP contribution in [-0.4, -0.2) is 0 Å². The van der Waals surface area contributed by atoms with Crippen molar-refractivity contribution in [3.05, 3.63) is 91.0 Å². The predicted octanol–water partition coefficient (Wildman–Crippen LogP) is 6.30. The third-order valence-electron chi connectivity index (χ3n) is 4.19. The van der Waals surface area contributed by atoms with E-state index in [-0.39, 0.29) is 0 Å². The molecule has 4 aromatic rings. The van der Waals surface area contributed by atoms with Crippen molar-refractivity contribution >= 4 is 27.6 Å². The molecule has 0 nitrogen and oxygen atoms in total. The molecular formula is C22H16. The maximum Gasteiger partial charge on any atom is -0.00266 e. The van der Waals surface area contributed by atoms with Gasteiger partial charge in [0, 0.05) is 0 Å². The van der Waals surface area contributed by atoms with Gasteiger partial charge in [0.25, 0.3) is 0 Å². The average Bonchev–Trinajstić information content (AvgIpc) is 2.60. The van der Waals surface area contributed by atoms with Crippen LogP contribution in [0.5, 0.6) is 0 Å². The summed E-state index contributed by atoms with van der Waals surface area (Å²) < 4.78 is 0. The van der Waals surface area contributed by atoms with Crippen molar-refractivity contribution in [2.24, 2.45) is 0 Å². The summed E-state index contributed by atoms with van der Waals surface area (Å²) in [7, 11) is 0. The molecule has 0 aliphatic rings. The van der Waals surface area contributed by atoms with Gasteiger partial charge in [-0.1, -0.05) is 79.4 Å². The summed E-state index contributed by atoms with van der Waals surface area (Å²) >= 11 is 0. The van der Waals surface area contributed by atoms with Gasteiger partial charge < -0.3 is 0 Å². The fourth-order valence-corrected chi connectivity index (χ4v) is 3.12. The number of benzene rings is 4. The summed E-state index contributed by atoms with van der Waals surface area (Å²) in [6.07, 6.45) is 1.91. The molecule has 0 atom stereocenters. The van der Waals surface area contributed by atoms with E-state index in [1.807, 2.05) is 6.08 Å². The predicted molar refractivity (Wildman–Crippen MR) is 97.0 cm³/mol. The Hall–Kier alpha value is -2.86. The summed E-state index contributed by atoms with van der Waals surface area (Å²) in [5.74, 6) is 0. The number of fused-ring (bicyclic) bond motifs is 2. The molecular weight excluding hydrogens is 264 g/mol. The van der Waals surface area contributed by atoms with E-state index >= 15 is 0 Å². The van der Waals surface area contributed by atoms with E-state index in [4.69, 9.17) is 0 Å². The largest absolute Gasteiger partial charge is 0.0985 e. The monoisotopic (exact) mass is 280 g/mol. The van der Waals surface area contributed by atoms with E-state index < -0.39 is 0 Å². The highest BCUT2D eigenvalue weighted by Gasteiger charge is 2.09. The van der Waals surface area contributed by atoms with Crippen LogP contribution in [0.3, 0.4) is 0 Å². The zero-order valence-electron chi connectivity index (χ0n) is 12.3. The highest BCUT2D eigenvalue weighted by atomic mass is 14.1. The third kappa shape index (κ3) is 2.01. The molecule has 0 aliphatic heterocycles. The van der Waals surface area contributed by atoms with Gasteiger partial charge in [0.15, 0.2) is 0 Å². The lowest BCUT2D eigenvalue weighted by atomic mass is 9.91. The molecule has 0 heteroatoms. The van der Waals surface area contributed by atoms with Gasteiger partial charge in [0.1, 0.15) is 0 Å². The standard InChI is InChI=1S/C22H16/c1-2-16-12-13-19-15-18-10-6-7-11-20(18)22(21(19)14-16)17-8-4-3-5-9-17/h2-15H,1H2. The van der Waals surface area contributed by atoms with Crippen molar-refractivity contribution in [2.45, 2.75) is 0 Å². The Balaban J connectivity index is 2.22. The average molecular weight is 280 g/mol. The maximum atomic E-state index is 3.90. The highest BCUT2D eigenvalue weighted by molar-refractivity contribution is 6.13. The molecule has 4 rings (SSSR count). The molecule has 0 unspecified atom stereocenters. The molecule has 0 radical (unpaired) electrons. The molecule has 0 aromatic heterocycles. The molecule has 0 N–H and O–H groups in total.